The standard InChI is InChI=1S/C23H22F2N6O/c1-13-9-20(19-7-8-21(23(28-19)32-4)31-11-14(2)26-12-31)29-30-22(13)27-15(3)17-6-5-16(24)10-18(17)25/h5-12,15H,1-4H3,(H,27,30). The Morgan fingerprint density at radius 2 is 1.84 bits per heavy atom. The number of ether oxygens (including phenoxy) is 1. The maximum atomic E-state index is 14.1. The number of anilines is 1. The number of nitrogens with one attached hydrogen (secondary N) is 1. The van der Waals surface area contributed by atoms with Crippen LogP contribution in [-0.2, 0) is 0 Å². The number of pyridine rings is 1. The Labute approximate surface area is 184 Å². The molecule has 1 unspecified atom stereocenters. The van der Waals surface area contributed by atoms with E-state index < -0.39 is 17.7 Å². The van der Waals surface area contributed by atoms with Crippen molar-refractivity contribution >= 4 is 5.82 Å². The van der Waals surface area contributed by atoms with E-state index in [2.05, 4.69) is 25.5 Å². The van der Waals surface area contributed by atoms with Crippen LogP contribution in [0.3, 0.4) is 0 Å². The molecule has 0 fully saturated rings. The first-order valence-corrected chi connectivity index (χ1v) is 9.98. The highest BCUT2D eigenvalue weighted by molar-refractivity contribution is 5.61. The van der Waals surface area contributed by atoms with Crippen LogP contribution in [0.4, 0.5) is 14.6 Å². The van der Waals surface area contributed by atoms with Crippen molar-refractivity contribution in [3.05, 3.63) is 77.4 Å². The number of methoxy groups -OCH3 is 1. The van der Waals surface area contributed by atoms with Crippen LogP contribution in [-0.4, -0.2) is 31.8 Å². The minimum Gasteiger partial charge on any atom is -0.479 e. The maximum Gasteiger partial charge on any atom is 0.238 e. The summed E-state index contributed by atoms with van der Waals surface area (Å²) in [6, 6.07) is 8.64. The molecule has 4 rings (SSSR count). The van der Waals surface area contributed by atoms with Gasteiger partial charge in [0.25, 0.3) is 0 Å². The topological polar surface area (TPSA) is 77.8 Å². The lowest BCUT2D eigenvalue weighted by Gasteiger charge is -2.17. The number of hydrogen-bond acceptors (Lipinski definition) is 6. The first-order chi connectivity index (χ1) is 15.4. The predicted molar refractivity (Wildman–Crippen MR) is 117 cm³/mol. The molecule has 0 amide bonds. The van der Waals surface area contributed by atoms with Gasteiger partial charge in [-0.3, -0.25) is 0 Å². The quantitative estimate of drug-likeness (QED) is 0.468. The zero-order valence-corrected chi connectivity index (χ0v) is 18.1. The van der Waals surface area contributed by atoms with Gasteiger partial charge in [-0.05, 0) is 50.6 Å². The first kappa shape index (κ1) is 21.4. The smallest absolute Gasteiger partial charge is 0.238 e. The zero-order valence-electron chi connectivity index (χ0n) is 18.1. The van der Waals surface area contributed by atoms with Crippen molar-refractivity contribution in [2.75, 3.05) is 12.4 Å². The van der Waals surface area contributed by atoms with E-state index in [1.54, 1.807) is 20.4 Å². The van der Waals surface area contributed by atoms with Crippen LogP contribution in [0.2, 0.25) is 0 Å². The highest BCUT2D eigenvalue weighted by Crippen LogP contribution is 2.28. The summed E-state index contributed by atoms with van der Waals surface area (Å²) in [6.07, 6.45) is 3.58. The fraction of sp³-hybridized carbons (Fsp3) is 0.217. The van der Waals surface area contributed by atoms with E-state index in [0.717, 1.165) is 23.0 Å². The second-order valence-corrected chi connectivity index (χ2v) is 7.44. The van der Waals surface area contributed by atoms with Crippen LogP contribution < -0.4 is 10.1 Å². The Morgan fingerprint density at radius 3 is 2.50 bits per heavy atom. The molecule has 0 aliphatic carbocycles. The predicted octanol–water partition coefficient (Wildman–Crippen LogP) is 4.80. The molecule has 7 nitrogen and oxygen atoms in total. The van der Waals surface area contributed by atoms with Crippen molar-refractivity contribution in [3.63, 3.8) is 0 Å². The van der Waals surface area contributed by atoms with Gasteiger partial charge >= 0.3 is 0 Å². The normalized spacial score (nSPS) is 11.9. The zero-order chi connectivity index (χ0) is 22.8. The molecule has 1 atom stereocenters. The van der Waals surface area contributed by atoms with E-state index in [1.807, 2.05) is 42.8 Å². The van der Waals surface area contributed by atoms with Crippen LogP contribution in [0.15, 0.2) is 48.9 Å². The fourth-order valence-corrected chi connectivity index (χ4v) is 3.36. The average Bonchev–Trinajstić information content (AvgIpc) is 3.20. The van der Waals surface area contributed by atoms with Gasteiger partial charge in [-0.2, -0.15) is 0 Å². The van der Waals surface area contributed by atoms with Crippen LogP contribution >= 0.6 is 0 Å². The lowest BCUT2D eigenvalue weighted by molar-refractivity contribution is 0.396. The summed E-state index contributed by atoms with van der Waals surface area (Å²) in [4.78, 5) is 8.80. The first-order valence-electron chi connectivity index (χ1n) is 9.98. The summed E-state index contributed by atoms with van der Waals surface area (Å²) in [5, 5.41) is 11.7. The third kappa shape index (κ3) is 4.27. The monoisotopic (exact) mass is 436 g/mol. The van der Waals surface area contributed by atoms with Gasteiger partial charge in [-0.25, -0.2) is 18.7 Å². The van der Waals surface area contributed by atoms with Crippen molar-refractivity contribution in [2.45, 2.75) is 26.8 Å². The van der Waals surface area contributed by atoms with Crippen molar-refractivity contribution < 1.29 is 13.5 Å². The van der Waals surface area contributed by atoms with Gasteiger partial charge in [0.1, 0.15) is 23.0 Å². The number of imidazole rings is 1. The van der Waals surface area contributed by atoms with Gasteiger partial charge < -0.3 is 14.6 Å². The van der Waals surface area contributed by atoms with Crippen molar-refractivity contribution in [2.24, 2.45) is 0 Å². The molecule has 1 N–H and O–H groups in total. The summed E-state index contributed by atoms with van der Waals surface area (Å²) in [5.41, 5.74) is 3.96. The third-order valence-electron chi connectivity index (χ3n) is 5.05. The molecule has 1 aromatic carbocycles. The lowest BCUT2D eigenvalue weighted by atomic mass is 10.1. The summed E-state index contributed by atoms with van der Waals surface area (Å²) in [6.45, 7) is 5.55. The molecule has 0 saturated carbocycles. The second kappa shape index (κ2) is 8.70. The van der Waals surface area contributed by atoms with Gasteiger partial charge in [0, 0.05) is 17.8 Å². The van der Waals surface area contributed by atoms with Gasteiger partial charge in [-0.1, -0.05) is 6.07 Å². The summed E-state index contributed by atoms with van der Waals surface area (Å²) in [7, 11) is 1.55. The number of hydrogen-bond donors (Lipinski definition) is 1. The fourth-order valence-electron chi connectivity index (χ4n) is 3.36. The van der Waals surface area contributed by atoms with Gasteiger partial charge in [-0.15, -0.1) is 10.2 Å². The Morgan fingerprint density at radius 1 is 1.03 bits per heavy atom. The molecule has 0 aliphatic rings. The van der Waals surface area contributed by atoms with Crippen molar-refractivity contribution in [1.82, 2.24) is 24.7 Å². The summed E-state index contributed by atoms with van der Waals surface area (Å²) in [5.74, 6) is -0.294. The summed E-state index contributed by atoms with van der Waals surface area (Å²) >= 11 is 0. The molecule has 4 aromatic rings. The third-order valence-corrected chi connectivity index (χ3v) is 5.05. The highest BCUT2D eigenvalue weighted by atomic mass is 19.1. The molecule has 3 aromatic heterocycles. The van der Waals surface area contributed by atoms with Gasteiger partial charge in [0.05, 0.1) is 30.9 Å². The molecular formula is C23H22F2N6O. The van der Waals surface area contributed by atoms with E-state index in [-0.39, 0.29) is 0 Å². The molecule has 0 bridgehead atoms. The van der Waals surface area contributed by atoms with E-state index >= 15 is 0 Å². The molecule has 0 aliphatic heterocycles. The Hall–Kier alpha value is -3.88. The Bertz CT molecular complexity index is 1270. The maximum absolute atomic E-state index is 14.1. The van der Waals surface area contributed by atoms with Gasteiger partial charge in [0.15, 0.2) is 5.82 Å². The largest absolute Gasteiger partial charge is 0.479 e. The highest BCUT2D eigenvalue weighted by Gasteiger charge is 2.16. The minimum absolute atomic E-state index is 0.341. The van der Waals surface area contributed by atoms with E-state index in [0.29, 0.717) is 28.6 Å². The molecule has 0 spiro atoms. The van der Waals surface area contributed by atoms with E-state index in [9.17, 15) is 8.78 Å². The van der Waals surface area contributed by atoms with Crippen LogP contribution in [0.5, 0.6) is 5.88 Å². The Kier molecular flexibility index (Phi) is 5.81. The molecular weight excluding hydrogens is 414 g/mol. The number of aromatic nitrogens is 5. The second-order valence-electron chi connectivity index (χ2n) is 7.44. The van der Waals surface area contributed by atoms with Crippen LogP contribution in [0.1, 0.15) is 29.8 Å². The molecule has 164 valence electrons. The number of aryl methyl sites for hydroxylation is 2. The van der Waals surface area contributed by atoms with Gasteiger partial charge in [0.2, 0.25) is 5.88 Å². The summed E-state index contributed by atoms with van der Waals surface area (Å²) < 4.78 is 34.6. The SMILES string of the molecule is COc1nc(-c2cc(C)c(NC(C)c3ccc(F)cc3F)nn2)ccc1-n1cnc(C)c1. The van der Waals surface area contributed by atoms with Crippen LogP contribution in [0, 0.1) is 25.5 Å². The number of rotatable bonds is 6. The number of halogens is 2. The molecule has 3 heterocycles. The number of nitrogens with zero attached hydrogens (tertiary/aromatic N) is 5. The molecule has 0 radical (unpaired) electrons. The average molecular weight is 436 g/mol. The van der Waals surface area contributed by atoms with E-state index in [1.165, 1.54) is 12.1 Å². The Balaban J connectivity index is 1.59. The van der Waals surface area contributed by atoms with Crippen molar-refractivity contribution in [3.8, 4) is 23.0 Å². The molecule has 9 heteroatoms. The van der Waals surface area contributed by atoms with Crippen LogP contribution in [0.25, 0.3) is 17.1 Å². The minimum atomic E-state index is -0.615. The van der Waals surface area contributed by atoms with Crippen molar-refractivity contribution in [1.29, 1.82) is 0 Å². The molecule has 0 saturated heterocycles. The lowest BCUT2D eigenvalue weighted by Crippen LogP contribution is -2.12. The van der Waals surface area contributed by atoms with E-state index in [4.69, 9.17) is 4.74 Å². The molecule has 32 heavy (non-hydrogen) atoms. The number of benzene rings is 1.